The van der Waals surface area contributed by atoms with Crippen molar-refractivity contribution in [3.05, 3.63) is 69.5 Å². The van der Waals surface area contributed by atoms with E-state index in [1.807, 2.05) is 38.3 Å². The monoisotopic (exact) mass is 562 g/mol. The first kappa shape index (κ1) is 26.9. The Hall–Kier alpha value is -2.71. The van der Waals surface area contributed by atoms with E-state index in [1.165, 1.54) is 11.0 Å². The smallest absolute Gasteiger partial charge is 0.407 e. The number of amides is 1. The number of piperidine rings is 1. The zero-order valence-corrected chi connectivity index (χ0v) is 23.2. The molecule has 3 aromatic rings. The van der Waals surface area contributed by atoms with Crippen LogP contribution < -0.4 is 0 Å². The normalized spacial score (nSPS) is 24.1. The Morgan fingerprint density at radius 1 is 1.08 bits per heavy atom. The molecule has 1 saturated heterocycles. The number of halogens is 4. The Bertz CT molecular complexity index is 1400. The minimum absolute atomic E-state index is 0.126. The van der Waals surface area contributed by atoms with Gasteiger partial charge in [0.05, 0.1) is 10.0 Å². The van der Waals surface area contributed by atoms with E-state index in [9.17, 15) is 18.7 Å². The number of hydrogen-bond acceptors (Lipinski definition) is 3. The van der Waals surface area contributed by atoms with Crippen molar-refractivity contribution in [2.24, 2.45) is 5.41 Å². The molecule has 38 heavy (non-hydrogen) atoms. The number of carbonyl (C=O) groups is 1. The van der Waals surface area contributed by atoms with Crippen LogP contribution in [0.15, 0.2) is 36.4 Å². The predicted molar refractivity (Wildman–Crippen MR) is 143 cm³/mol. The highest BCUT2D eigenvalue weighted by atomic mass is 35.5. The molecule has 5 rings (SSSR count). The highest BCUT2D eigenvalue weighted by Gasteiger charge is 2.53. The summed E-state index contributed by atoms with van der Waals surface area (Å²) < 4.78 is 30.4. The van der Waals surface area contributed by atoms with Gasteiger partial charge in [0.25, 0.3) is 0 Å². The fourth-order valence-corrected chi connectivity index (χ4v) is 6.06. The average molecular weight is 563 g/mol. The van der Waals surface area contributed by atoms with Crippen LogP contribution in [-0.4, -0.2) is 42.9 Å². The first-order valence-corrected chi connectivity index (χ1v) is 13.4. The van der Waals surface area contributed by atoms with Crippen LogP contribution in [0.5, 0.6) is 0 Å². The zero-order chi connectivity index (χ0) is 27.6. The van der Waals surface area contributed by atoms with Gasteiger partial charge in [-0.05, 0) is 67.3 Å². The highest BCUT2D eigenvalue weighted by Crippen LogP contribution is 2.53. The van der Waals surface area contributed by atoms with Gasteiger partial charge in [0.1, 0.15) is 5.82 Å². The number of nitrogens with zero attached hydrogens (tertiary/aromatic N) is 4. The van der Waals surface area contributed by atoms with Crippen molar-refractivity contribution in [2.75, 3.05) is 6.54 Å². The number of aromatic nitrogens is 3. The van der Waals surface area contributed by atoms with Crippen LogP contribution in [0.1, 0.15) is 76.2 Å². The summed E-state index contributed by atoms with van der Waals surface area (Å²) in [4.78, 5) is 14.1. The molecule has 0 bridgehead atoms. The lowest BCUT2D eigenvalue weighted by Gasteiger charge is -2.55. The van der Waals surface area contributed by atoms with Gasteiger partial charge < -0.3 is 14.6 Å². The van der Waals surface area contributed by atoms with Crippen LogP contribution in [-0.2, 0) is 0 Å². The molecule has 1 aliphatic carbocycles. The zero-order valence-electron chi connectivity index (χ0n) is 21.7. The van der Waals surface area contributed by atoms with E-state index in [2.05, 4.69) is 10.2 Å². The summed E-state index contributed by atoms with van der Waals surface area (Å²) in [7, 11) is 0. The molecule has 202 valence electrons. The van der Waals surface area contributed by atoms with E-state index in [0.717, 1.165) is 18.9 Å². The van der Waals surface area contributed by atoms with Gasteiger partial charge in [-0.2, -0.15) is 0 Å². The molecular weight excluding hydrogens is 533 g/mol. The minimum atomic E-state index is -1.04. The summed E-state index contributed by atoms with van der Waals surface area (Å²) in [5.41, 5.74) is 0.0207. The van der Waals surface area contributed by atoms with E-state index in [-0.39, 0.29) is 18.5 Å². The summed E-state index contributed by atoms with van der Waals surface area (Å²) in [5, 5.41) is 20.2. The maximum absolute atomic E-state index is 14.5. The predicted octanol–water partition coefficient (Wildman–Crippen LogP) is 7.92. The quantitative estimate of drug-likeness (QED) is 0.350. The van der Waals surface area contributed by atoms with Crippen molar-refractivity contribution in [1.29, 1.82) is 0 Å². The third-order valence-corrected chi connectivity index (χ3v) is 9.27. The number of carboxylic acid groups (broad SMARTS) is 1. The molecule has 1 amide bonds. The number of hydrogen-bond donors (Lipinski definition) is 1. The van der Waals surface area contributed by atoms with Crippen molar-refractivity contribution < 1.29 is 18.7 Å². The number of likely N-dealkylation sites (tertiary alicyclic amines) is 1. The molecule has 1 aromatic heterocycles. The Labute approximate surface area is 230 Å². The number of rotatable bonds is 4. The Balaban J connectivity index is 1.69. The molecular formula is C28H30Cl2F2N4O2. The summed E-state index contributed by atoms with van der Waals surface area (Å²) in [6.45, 7) is 8.04. The first-order chi connectivity index (χ1) is 17.8. The topological polar surface area (TPSA) is 71.2 Å². The second kappa shape index (κ2) is 9.49. The highest BCUT2D eigenvalue weighted by molar-refractivity contribution is 6.43. The largest absolute Gasteiger partial charge is 0.465 e. The molecule has 2 fully saturated rings. The van der Waals surface area contributed by atoms with Crippen LogP contribution in [0.25, 0.3) is 11.4 Å². The molecule has 0 spiro atoms. The lowest BCUT2D eigenvalue weighted by Crippen LogP contribution is -2.62. The van der Waals surface area contributed by atoms with Gasteiger partial charge in [0.2, 0.25) is 0 Å². The summed E-state index contributed by atoms with van der Waals surface area (Å²) in [6.07, 6.45) is 1.19. The van der Waals surface area contributed by atoms with E-state index >= 15 is 0 Å². The van der Waals surface area contributed by atoms with Gasteiger partial charge in [-0.3, -0.25) is 0 Å². The molecule has 1 N–H and O–H groups in total. The van der Waals surface area contributed by atoms with Crippen LogP contribution in [0.2, 0.25) is 10.0 Å². The van der Waals surface area contributed by atoms with Gasteiger partial charge in [-0.25, -0.2) is 13.6 Å². The Morgan fingerprint density at radius 2 is 1.79 bits per heavy atom. The second-order valence-corrected chi connectivity index (χ2v) is 12.4. The molecule has 1 aliphatic heterocycles. The lowest BCUT2D eigenvalue weighted by molar-refractivity contribution is -0.0271. The number of benzene rings is 2. The van der Waals surface area contributed by atoms with Gasteiger partial charge >= 0.3 is 6.09 Å². The molecule has 2 aliphatic rings. The van der Waals surface area contributed by atoms with Gasteiger partial charge in [0, 0.05) is 29.6 Å². The van der Waals surface area contributed by atoms with Crippen LogP contribution in [0.3, 0.4) is 0 Å². The fourth-order valence-electron chi connectivity index (χ4n) is 5.67. The molecule has 10 heteroatoms. The molecule has 2 aromatic carbocycles. The molecule has 0 unspecified atom stereocenters. The summed E-state index contributed by atoms with van der Waals surface area (Å²) in [5.74, 6) is -1.48. The molecule has 0 radical (unpaired) electrons. The lowest BCUT2D eigenvalue weighted by atomic mass is 9.63. The van der Waals surface area contributed by atoms with E-state index in [0.29, 0.717) is 39.2 Å². The molecule has 3 atom stereocenters. The maximum atomic E-state index is 14.5. The van der Waals surface area contributed by atoms with Crippen molar-refractivity contribution in [3.8, 4) is 11.4 Å². The van der Waals surface area contributed by atoms with E-state index in [1.54, 1.807) is 18.2 Å². The maximum Gasteiger partial charge on any atom is 0.407 e. The van der Waals surface area contributed by atoms with Gasteiger partial charge in [-0.15, -0.1) is 10.2 Å². The van der Waals surface area contributed by atoms with Crippen molar-refractivity contribution >= 4 is 29.3 Å². The van der Waals surface area contributed by atoms with E-state index < -0.39 is 34.6 Å². The Kier molecular flexibility index (Phi) is 6.71. The standard InChI is InChI=1S/C28H30Cl2F2N4O2/c1-27(2,3)28(4)13-18(15-8-11-21(31)22(32)12-15)19(14-35(28)26(37)38)25-34-33-24(36(25)16-9-10-16)17-6-5-7-20(29)23(17)30/h5-8,11-12,16,18-19H,9-10,13-14H2,1-4H3,(H,37,38)/t18-,19+,28+/m1/s1. The van der Waals surface area contributed by atoms with E-state index in [4.69, 9.17) is 23.2 Å². The first-order valence-electron chi connectivity index (χ1n) is 12.7. The van der Waals surface area contributed by atoms with Gasteiger partial charge in [0.15, 0.2) is 17.5 Å². The molecule has 2 heterocycles. The Morgan fingerprint density at radius 3 is 2.39 bits per heavy atom. The van der Waals surface area contributed by atoms with Crippen molar-refractivity contribution in [3.63, 3.8) is 0 Å². The summed E-state index contributed by atoms with van der Waals surface area (Å²) >= 11 is 12.9. The van der Waals surface area contributed by atoms with Crippen LogP contribution in [0, 0.1) is 17.0 Å². The SMILES string of the molecule is CC(C)(C)[C@]1(C)C[C@H](c2ccc(F)c(F)c2)[C@@H](c2nnc(-c3cccc(Cl)c3Cl)n2C2CC2)CN1C(=O)O. The van der Waals surface area contributed by atoms with Crippen molar-refractivity contribution in [1.82, 2.24) is 19.7 Å². The molecule has 1 saturated carbocycles. The van der Waals surface area contributed by atoms with Crippen LogP contribution in [0.4, 0.5) is 13.6 Å². The average Bonchev–Trinajstić information content (AvgIpc) is 3.60. The summed E-state index contributed by atoms with van der Waals surface area (Å²) in [6, 6.07) is 9.38. The van der Waals surface area contributed by atoms with Crippen molar-refractivity contribution in [2.45, 2.75) is 70.4 Å². The third-order valence-electron chi connectivity index (χ3n) is 8.45. The minimum Gasteiger partial charge on any atom is -0.465 e. The fraction of sp³-hybridized carbons (Fsp3) is 0.464. The second-order valence-electron chi connectivity index (χ2n) is 11.6. The molecule has 6 nitrogen and oxygen atoms in total. The van der Waals surface area contributed by atoms with Gasteiger partial charge in [-0.1, -0.05) is 56.1 Å². The third kappa shape index (κ3) is 4.45. The van der Waals surface area contributed by atoms with Crippen LogP contribution >= 0.6 is 23.2 Å².